The summed E-state index contributed by atoms with van der Waals surface area (Å²) in [6.45, 7) is 6.85. The van der Waals surface area contributed by atoms with Crippen molar-refractivity contribution in [3.05, 3.63) is 52.1 Å². The van der Waals surface area contributed by atoms with E-state index in [0.717, 1.165) is 35.2 Å². The minimum Gasteiger partial charge on any atom is -0.363 e. The molecular weight excluding hydrogens is 463 g/mol. The lowest BCUT2D eigenvalue weighted by molar-refractivity contribution is -0.119. The Morgan fingerprint density at radius 1 is 1.29 bits per heavy atom. The zero-order chi connectivity index (χ0) is 22.1. The van der Waals surface area contributed by atoms with Gasteiger partial charge in [-0.2, -0.15) is 0 Å². The predicted molar refractivity (Wildman–Crippen MR) is 123 cm³/mol. The van der Waals surface area contributed by atoms with Crippen LogP contribution in [0, 0.1) is 12.7 Å². The monoisotopic (exact) mass is 486 g/mol. The number of anilines is 2. The van der Waals surface area contributed by atoms with E-state index in [1.54, 1.807) is 6.20 Å². The summed E-state index contributed by atoms with van der Waals surface area (Å²) in [5.74, 6) is 1.81. The first kappa shape index (κ1) is 21.4. The largest absolute Gasteiger partial charge is 0.363 e. The van der Waals surface area contributed by atoms with Gasteiger partial charge < -0.3 is 15.5 Å². The average molecular weight is 487 g/mol. The normalized spacial score (nSPS) is 17.1. The van der Waals surface area contributed by atoms with Crippen molar-refractivity contribution in [2.24, 2.45) is 0 Å². The van der Waals surface area contributed by atoms with E-state index in [4.69, 9.17) is 0 Å². The van der Waals surface area contributed by atoms with Crippen LogP contribution in [0.5, 0.6) is 0 Å². The topological polar surface area (TPSA) is 83.0 Å². The number of carbonyl (C=O) groups excluding carboxylic acids is 1. The van der Waals surface area contributed by atoms with Crippen LogP contribution in [-0.2, 0) is 4.79 Å². The summed E-state index contributed by atoms with van der Waals surface area (Å²) >= 11 is 3.35. The van der Waals surface area contributed by atoms with E-state index in [1.807, 2.05) is 26.0 Å². The smallest absolute Gasteiger partial charge is 0.217 e. The Hall–Kier alpha value is -2.81. The molecule has 0 radical (unpaired) electrons. The van der Waals surface area contributed by atoms with Crippen LogP contribution >= 0.6 is 15.9 Å². The molecule has 1 saturated heterocycles. The van der Waals surface area contributed by atoms with Gasteiger partial charge in [0.1, 0.15) is 23.3 Å². The molecule has 1 fully saturated rings. The first-order valence-electron chi connectivity index (χ1n) is 10.2. The van der Waals surface area contributed by atoms with Gasteiger partial charge in [0.25, 0.3) is 0 Å². The molecule has 0 spiro atoms. The Morgan fingerprint density at radius 2 is 2.10 bits per heavy atom. The molecule has 1 aromatic carbocycles. The van der Waals surface area contributed by atoms with Crippen LogP contribution in [0.1, 0.15) is 37.7 Å². The highest BCUT2D eigenvalue weighted by Gasteiger charge is 2.24. The van der Waals surface area contributed by atoms with Crippen molar-refractivity contribution >= 4 is 44.4 Å². The molecule has 4 rings (SSSR count). The van der Waals surface area contributed by atoms with E-state index in [-0.39, 0.29) is 23.8 Å². The van der Waals surface area contributed by atoms with Crippen molar-refractivity contribution in [3.63, 3.8) is 0 Å². The SMILES string of the molecule is CC(=O)N[C@@H]1CCN(c2cc3c(NC(C)c4cc(F)cc(Br)c4)nc(C)nc3cn2)C1. The van der Waals surface area contributed by atoms with Gasteiger partial charge in [0.2, 0.25) is 5.91 Å². The molecule has 1 amide bonds. The van der Waals surface area contributed by atoms with Crippen LogP contribution < -0.4 is 15.5 Å². The van der Waals surface area contributed by atoms with Gasteiger partial charge in [-0.3, -0.25) is 4.79 Å². The second-order valence-corrected chi connectivity index (χ2v) is 8.80. The van der Waals surface area contributed by atoms with Gasteiger partial charge in [-0.15, -0.1) is 0 Å². The maximum Gasteiger partial charge on any atom is 0.217 e. The summed E-state index contributed by atoms with van der Waals surface area (Å²) in [5.41, 5.74) is 1.55. The van der Waals surface area contributed by atoms with Crippen molar-refractivity contribution in [2.45, 2.75) is 39.3 Å². The van der Waals surface area contributed by atoms with Gasteiger partial charge >= 0.3 is 0 Å². The molecule has 3 aromatic rings. The van der Waals surface area contributed by atoms with Crippen molar-refractivity contribution in [1.29, 1.82) is 0 Å². The molecule has 1 aliphatic heterocycles. The second-order valence-electron chi connectivity index (χ2n) is 7.88. The van der Waals surface area contributed by atoms with Crippen molar-refractivity contribution in [3.8, 4) is 0 Å². The minimum absolute atomic E-state index is 0.0216. The van der Waals surface area contributed by atoms with E-state index in [9.17, 15) is 9.18 Å². The standard InChI is InChI=1S/C22H24BrFN6O/c1-12(15-6-16(23)8-17(24)7-15)26-22-19-9-21(25-10-20(19)27-13(2)28-22)30-5-4-18(11-30)29-14(3)31/h6-10,12,18H,4-5,11H2,1-3H3,(H,29,31)(H,26,27,28)/t12?,18-/m1/s1. The van der Waals surface area contributed by atoms with E-state index >= 15 is 0 Å². The summed E-state index contributed by atoms with van der Waals surface area (Å²) < 4.78 is 14.5. The Kier molecular flexibility index (Phi) is 6.04. The number of carbonyl (C=O) groups is 1. The number of hydrogen-bond donors (Lipinski definition) is 2. The molecule has 0 saturated carbocycles. The molecular formula is C22H24BrFN6O. The van der Waals surface area contributed by atoms with Gasteiger partial charge in [0.05, 0.1) is 17.8 Å². The fourth-order valence-electron chi connectivity index (χ4n) is 3.91. The fraction of sp³-hybridized carbons (Fsp3) is 0.364. The molecule has 0 bridgehead atoms. The third-order valence-corrected chi connectivity index (χ3v) is 5.80. The molecule has 3 heterocycles. The summed E-state index contributed by atoms with van der Waals surface area (Å²) in [6, 6.07) is 6.75. The number of pyridine rings is 1. The zero-order valence-corrected chi connectivity index (χ0v) is 19.2. The lowest BCUT2D eigenvalue weighted by Crippen LogP contribution is -2.35. The highest BCUT2D eigenvalue weighted by molar-refractivity contribution is 9.10. The number of nitrogens with zero attached hydrogens (tertiary/aromatic N) is 4. The molecule has 31 heavy (non-hydrogen) atoms. The Labute approximate surface area is 188 Å². The van der Waals surface area contributed by atoms with Crippen LogP contribution in [0.25, 0.3) is 10.9 Å². The summed E-state index contributed by atoms with van der Waals surface area (Å²) in [6.07, 6.45) is 2.62. The Morgan fingerprint density at radius 3 is 2.84 bits per heavy atom. The first-order valence-corrected chi connectivity index (χ1v) is 11.0. The third kappa shape index (κ3) is 4.92. The summed E-state index contributed by atoms with van der Waals surface area (Å²) in [4.78, 5) is 27.2. The highest BCUT2D eigenvalue weighted by Crippen LogP contribution is 2.29. The van der Waals surface area contributed by atoms with Gasteiger partial charge in [-0.05, 0) is 50.1 Å². The molecule has 0 aliphatic carbocycles. The van der Waals surface area contributed by atoms with Crippen LogP contribution in [0.2, 0.25) is 0 Å². The maximum atomic E-state index is 13.9. The Bertz CT molecular complexity index is 1120. The number of aromatic nitrogens is 3. The quantitative estimate of drug-likeness (QED) is 0.564. The zero-order valence-electron chi connectivity index (χ0n) is 17.6. The molecule has 1 unspecified atom stereocenters. The lowest BCUT2D eigenvalue weighted by atomic mass is 10.1. The number of benzene rings is 1. The summed E-state index contributed by atoms with van der Waals surface area (Å²) in [5, 5.41) is 7.23. The number of hydrogen-bond acceptors (Lipinski definition) is 6. The van der Waals surface area contributed by atoms with Crippen LogP contribution in [0.15, 0.2) is 34.9 Å². The molecule has 2 N–H and O–H groups in total. The molecule has 162 valence electrons. The van der Waals surface area contributed by atoms with Crippen LogP contribution in [0.4, 0.5) is 16.0 Å². The van der Waals surface area contributed by atoms with Crippen molar-refractivity contribution in [1.82, 2.24) is 20.3 Å². The molecule has 1 aliphatic rings. The molecule has 7 nitrogen and oxygen atoms in total. The number of amides is 1. The van der Waals surface area contributed by atoms with E-state index in [0.29, 0.717) is 22.7 Å². The molecule has 9 heteroatoms. The minimum atomic E-state index is -0.295. The van der Waals surface area contributed by atoms with E-state index < -0.39 is 0 Å². The number of rotatable bonds is 5. The van der Waals surface area contributed by atoms with E-state index in [2.05, 4.69) is 46.4 Å². The fourth-order valence-corrected chi connectivity index (χ4v) is 4.39. The molecule has 2 atom stereocenters. The van der Waals surface area contributed by atoms with E-state index in [1.165, 1.54) is 19.1 Å². The third-order valence-electron chi connectivity index (χ3n) is 5.34. The number of aryl methyl sites for hydroxylation is 1. The van der Waals surface area contributed by atoms with Crippen molar-refractivity contribution < 1.29 is 9.18 Å². The number of fused-ring (bicyclic) bond motifs is 1. The predicted octanol–water partition coefficient (Wildman–Crippen LogP) is 4.12. The lowest BCUT2D eigenvalue weighted by Gasteiger charge is -2.20. The number of halogens is 2. The maximum absolute atomic E-state index is 13.9. The summed E-state index contributed by atoms with van der Waals surface area (Å²) in [7, 11) is 0. The van der Waals surface area contributed by atoms with Gasteiger partial charge in [0.15, 0.2) is 0 Å². The average Bonchev–Trinajstić information content (AvgIpc) is 3.14. The van der Waals surface area contributed by atoms with Gasteiger partial charge in [0, 0.05) is 35.9 Å². The first-order chi connectivity index (χ1) is 14.8. The number of nitrogens with one attached hydrogen (secondary N) is 2. The highest BCUT2D eigenvalue weighted by atomic mass is 79.9. The van der Waals surface area contributed by atoms with Gasteiger partial charge in [-0.1, -0.05) is 15.9 Å². The van der Waals surface area contributed by atoms with Crippen molar-refractivity contribution in [2.75, 3.05) is 23.3 Å². The molecule has 2 aromatic heterocycles. The van der Waals surface area contributed by atoms with Crippen LogP contribution in [-0.4, -0.2) is 40.0 Å². The second kappa shape index (κ2) is 8.74. The Balaban J connectivity index is 1.64. The van der Waals surface area contributed by atoms with Crippen LogP contribution in [0.3, 0.4) is 0 Å². The van der Waals surface area contributed by atoms with Gasteiger partial charge in [-0.25, -0.2) is 19.3 Å².